The van der Waals surface area contributed by atoms with Crippen LogP contribution in [0.3, 0.4) is 0 Å². The smallest absolute Gasteiger partial charge is 0.125 e. The van der Waals surface area contributed by atoms with Crippen LogP contribution in [0.2, 0.25) is 0 Å². The van der Waals surface area contributed by atoms with E-state index in [2.05, 4.69) is 6.92 Å². The lowest BCUT2D eigenvalue weighted by molar-refractivity contribution is 0.155. The molecule has 1 fully saturated rings. The van der Waals surface area contributed by atoms with Crippen molar-refractivity contribution >= 4 is 0 Å². The van der Waals surface area contributed by atoms with Crippen molar-refractivity contribution in [2.75, 3.05) is 7.11 Å². The molecule has 3 heteroatoms. The Labute approximate surface area is 108 Å². The molecule has 0 saturated heterocycles. The van der Waals surface area contributed by atoms with Gasteiger partial charge in [-0.25, -0.2) is 0 Å². The van der Waals surface area contributed by atoms with Crippen molar-refractivity contribution in [2.24, 2.45) is 5.92 Å². The van der Waals surface area contributed by atoms with Gasteiger partial charge in [-0.3, -0.25) is 0 Å². The summed E-state index contributed by atoms with van der Waals surface area (Å²) in [6.07, 6.45) is 4.04. The van der Waals surface area contributed by atoms with Gasteiger partial charge in [-0.15, -0.1) is 0 Å². The maximum absolute atomic E-state index is 10.3. The van der Waals surface area contributed by atoms with E-state index >= 15 is 0 Å². The number of aliphatic hydroxyl groups is 1. The molecule has 1 saturated carbocycles. The molecule has 3 rings (SSSR count). The molecule has 1 heterocycles. The van der Waals surface area contributed by atoms with Crippen molar-refractivity contribution in [3.8, 4) is 11.5 Å². The summed E-state index contributed by atoms with van der Waals surface area (Å²) in [5, 5.41) is 10.3. The highest BCUT2D eigenvalue weighted by Gasteiger charge is 2.29. The van der Waals surface area contributed by atoms with Crippen molar-refractivity contribution in [1.29, 1.82) is 0 Å². The van der Waals surface area contributed by atoms with E-state index in [9.17, 15) is 5.11 Å². The van der Waals surface area contributed by atoms with Crippen LogP contribution in [0.4, 0.5) is 0 Å². The van der Waals surface area contributed by atoms with Gasteiger partial charge in [0, 0.05) is 17.5 Å². The van der Waals surface area contributed by atoms with E-state index in [1.165, 1.54) is 18.4 Å². The lowest BCUT2D eigenvalue weighted by Gasteiger charge is -2.16. The summed E-state index contributed by atoms with van der Waals surface area (Å²) in [4.78, 5) is 0. The topological polar surface area (TPSA) is 38.7 Å². The fraction of sp³-hybridized carbons (Fsp3) is 0.600. The first kappa shape index (κ1) is 11.8. The van der Waals surface area contributed by atoms with Crippen LogP contribution in [-0.4, -0.2) is 18.3 Å². The van der Waals surface area contributed by atoms with E-state index in [1.54, 1.807) is 7.11 Å². The largest absolute Gasteiger partial charge is 0.496 e. The summed E-state index contributed by atoms with van der Waals surface area (Å²) in [5.74, 6) is 2.39. The molecule has 2 atom stereocenters. The van der Waals surface area contributed by atoms with Gasteiger partial charge in [0.05, 0.1) is 13.2 Å². The Morgan fingerprint density at radius 2 is 2.22 bits per heavy atom. The third-order valence-corrected chi connectivity index (χ3v) is 3.86. The van der Waals surface area contributed by atoms with E-state index in [0.29, 0.717) is 5.92 Å². The molecule has 1 aromatic carbocycles. The number of rotatable bonds is 4. The van der Waals surface area contributed by atoms with E-state index in [-0.39, 0.29) is 6.10 Å². The number of aliphatic hydroxyl groups excluding tert-OH is 1. The summed E-state index contributed by atoms with van der Waals surface area (Å²) < 4.78 is 11.2. The molecule has 1 aliphatic heterocycles. The quantitative estimate of drug-likeness (QED) is 0.890. The van der Waals surface area contributed by atoms with Gasteiger partial charge >= 0.3 is 0 Å². The zero-order valence-electron chi connectivity index (χ0n) is 11.0. The summed E-state index contributed by atoms with van der Waals surface area (Å²) in [5.41, 5.74) is 2.05. The molecule has 0 aromatic heterocycles. The second kappa shape index (κ2) is 4.47. The Kier molecular flexibility index (Phi) is 2.94. The standard InChI is InChI=1S/C15H20O3/c1-9-5-11-7-15(17-2)12(8-14(11)18-9)13(16)6-10-3-4-10/h7-10,13,16H,3-6H2,1-2H3. The number of ether oxygens (including phenoxy) is 2. The van der Waals surface area contributed by atoms with Crippen molar-refractivity contribution in [1.82, 2.24) is 0 Å². The van der Waals surface area contributed by atoms with Crippen LogP contribution in [0.1, 0.15) is 43.4 Å². The Bertz CT molecular complexity index is 451. The molecule has 18 heavy (non-hydrogen) atoms. The zero-order valence-corrected chi connectivity index (χ0v) is 11.0. The van der Waals surface area contributed by atoms with Crippen molar-refractivity contribution in [3.63, 3.8) is 0 Å². The molecule has 98 valence electrons. The molecule has 1 aromatic rings. The highest BCUT2D eigenvalue weighted by Crippen LogP contribution is 2.42. The summed E-state index contributed by atoms with van der Waals surface area (Å²) in [6, 6.07) is 3.98. The van der Waals surface area contributed by atoms with Gasteiger partial charge in [-0.1, -0.05) is 12.8 Å². The van der Waals surface area contributed by atoms with E-state index in [4.69, 9.17) is 9.47 Å². The second-order valence-corrected chi connectivity index (χ2v) is 5.53. The van der Waals surface area contributed by atoms with Crippen LogP contribution >= 0.6 is 0 Å². The minimum absolute atomic E-state index is 0.223. The number of methoxy groups -OCH3 is 1. The highest BCUT2D eigenvalue weighted by molar-refractivity contribution is 5.49. The maximum Gasteiger partial charge on any atom is 0.125 e. The third-order valence-electron chi connectivity index (χ3n) is 3.86. The molecule has 0 amide bonds. The SMILES string of the molecule is COc1cc2c(cc1C(O)CC1CC1)OC(C)C2. The highest BCUT2D eigenvalue weighted by atomic mass is 16.5. The predicted octanol–water partition coefficient (Wildman–Crippen LogP) is 2.85. The molecule has 3 nitrogen and oxygen atoms in total. The number of hydrogen-bond donors (Lipinski definition) is 1. The minimum Gasteiger partial charge on any atom is -0.496 e. The summed E-state index contributed by atoms with van der Waals surface area (Å²) >= 11 is 0. The number of hydrogen-bond acceptors (Lipinski definition) is 3. The first-order chi connectivity index (χ1) is 8.67. The molecule has 1 N–H and O–H groups in total. The monoisotopic (exact) mass is 248 g/mol. The average Bonchev–Trinajstić information content (AvgIpc) is 3.07. The summed E-state index contributed by atoms with van der Waals surface area (Å²) in [7, 11) is 1.66. The van der Waals surface area contributed by atoms with Crippen LogP contribution in [0.25, 0.3) is 0 Å². The van der Waals surface area contributed by atoms with Crippen molar-refractivity contribution in [2.45, 2.75) is 44.8 Å². The fourth-order valence-corrected chi connectivity index (χ4v) is 2.69. The van der Waals surface area contributed by atoms with Gasteiger partial charge < -0.3 is 14.6 Å². The molecule has 0 radical (unpaired) electrons. The second-order valence-electron chi connectivity index (χ2n) is 5.53. The van der Waals surface area contributed by atoms with E-state index in [1.807, 2.05) is 12.1 Å². The Morgan fingerprint density at radius 1 is 1.44 bits per heavy atom. The predicted molar refractivity (Wildman–Crippen MR) is 69.1 cm³/mol. The Morgan fingerprint density at radius 3 is 2.89 bits per heavy atom. The molecule has 2 unspecified atom stereocenters. The Balaban J connectivity index is 1.89. The maximum atomic E-state index is 10.3. The van der Waals surface area contributed by atoms with Crippen molar-refractivity contribution in [3.05, 3.63) is 23.3 Å². The van der Waals surface area contributed by atoms with Crippen molar-refractivity contribution < 1.29 is 14.6 Å². The molecular weight excluding hydrogens is 228 g/mol. The molecule has 2 aliphatic rings. The zero-order chi connectivity index (χ0) is 12.7. The van der Waals surface area contributed by atoms with Gasteiger partial charge in [0.2, 0.25) is 0 Å². The summed E-state index contributed by atoms with van der Waals surface area (Å²) in [6.45, 7) is 2.06. The molecule has 0 spiro atoms. The first-order valence-electron chi connectivity index (χ1n) is 6.73. The van der Waals surface area contributed by atoms with Gasteiger partial charge in [-0.2, -0.15) is 0 Å². The average molecular weight is 248 g/mol. The number of benzene rings is 1. The lowest BCUT2D eigenvalue weighted by atomic mass is 9.99. The van der Waals surface area contributed by atoms with Crippen LogP contribution in [0, 0.1) is 5.92 Å². The number of fused-ring (bicyclic) bond motifs is 1. The van der Waals surface area contributed by atoms with Gasteiger partial charge in [0.25, 0.3) is 0 Å². The van der Waals surface area contributed by atoms with Gasteiger partial charge in [0.1, 0.15) is 17.6 Å². The first-order valence-corrected chi connectivity index (χ1v) is 6.73. The third kappa shape index (κ3) is 2.19. The van der Waals surface area contributed by atoms with Crippen LogP contribution in [0.5, 0.6) is 11.5 Å². The lowest BCUT2D eigenvalue weighted by Crippen LogP contribution is -2.05. The van der Waals surface area contributed by atoms with Gasteiger partial charge in [-0.05, 0) is 31.4 Å². The molecule has 1 aliphatic carbocycles. The molecular formula is C15H20O3. The molecule has 0 bridgehead atoms. The van der Waals surface area contributed by atoms with Crippen LogP contribution in [-0.2, 0) is 6.42 Å². The van der Waals surface area contributed by atoms with Crippen LogP contribution in [0.15, 0.2) is 12.1 Å². The van der Waals surface area contributed by atoms with E-state index < -0.39 is 6.10 Å². The van der Waals surface area contributed by atoms with E-state index in [0.717, 1.165) is 29.9 Å². The Hall–Kier alpha value is -1.22. The normalized spacial score (nSPS) is 23.4. The van der Waals surface area contributed by atoms with Crippen LogP contribution < -0.4 is 9.47 Å². The fourth-order valence-electron chi connectivity index (χ4n) is 2.69. The van der Waals surface area contributed by atoms with Gasteiger partial charge in [0.15, 0.2) is 0 Å². The minimum atomic E-state index is -0.433.